The first-order valence-electron chi connectivity index (χ1n) is 6.89. The Hall–Kier alpha value is -1.56. The van der Waals surface area contributed by atoms with Crippen LogP contribution in [0.5, 0.6) is 0 Å². The fraction of sp³-hybridized carbons (Fsp3) is 0.714. The number of fused-ring (bicyclic) bond motifs is 1. The highest BCUT2D eigenvalue weighted by Crippen LogP contribution is 2.48. The van der Waals surface area contributed by atoms with E-state index in [4.69, 9.17) is 4.74 Å². The molecule has 2 aliphatic carbocycles. The lowest BCUT2D eigenvalue weighted by atomic mass is 10.2. The lowest BCUT2D eigenvalue weighted by molar-refractivity contribution is -0.175. The summed E-state index contributed by atoms with van der Waals surface area (Å²) in [5, 5.41) is 13.1. The van der Waals surface area contributed by atoms with E-state index in [1.807, 2.05) is 12.2 Å². The van der Waals surface area contributed by atoms with E-state index in [-0.39, 0.29) is 6.04 Å². The zero-order valence-corrected chi connectivity index (χ0v) is 12.3. The Morgan fingerprint density at radius 1 is 1.40 bits per heavy atom. The molecule has 0 heterocycles. The van der Waals surface area contributed by atoms with E-state index in [1.54, 1.807) is 20.8 Å². The number of allylic oxidation sites excluding steroid dienone is 1. The van der Waals surface area contributed by atoms with Crippen LogP contribution in [0, 0.1) is 11.8 Å². The van der Waals surface area contributed by atoms with E-state index in [9.17, 15) is 14.8 Å². The third kappa shape index (κ3) is 3.30. The molecule has 0 aromatic heterocycles. The molecule has 2 amide bonds. The first-order valence-corrected chi connectivity index (χ1v) is 6.89. The van der Waals surface area contributed by atoms with Crippen molar-refractivity contribution in [3.05, 3.63) is 12.2 Å². The van der Waals surface area contributed by atoms with E-state index in [1.165, 1.54) is 6.92 Å². The minimum absolute atomic E-state index is 0.268. The van der Waals surface area contributed by atoms with Crippen molar-refractivity contribution >= 4 is 12.0 Å². The number of hydroxylamine groups is 2. The molecule has 1 saturated carbocycles. The Labute approximate surface area is 118 Å². The van der Waals surface area contributed by atoms with E-state index >= 15 is 0 Å². The van der Waals surface area contributed by atoms with Crippen molar-refractivity contribution in [3.8, 4) is 0 Å². The number of carbonyl (C=O) groups is 2. The summed E-state index contributed by atoms with van der Waals surface area (Å²) in [6.45, 7) is 6.76. The van der Waals surface area contributed by atoms with Crippen LogP contribution in [0.4, 0.5) is 4.79 Å². The molecular formula is C14H22N2O4. The van der Waals surface area contributed by atoms with Gasteiger partial charge in [0, 0.05) is 0 Å². The smallest absolute Gasteiger partial charge is 0.408 e. The van der Waals surface area contributed by atoms with Crippen molar-refractivity contribution < 1.29 is 19.5 Å². The zero-order chi connectivity index (χ0) is 15.1. The molecule has 0 bridgehead atoms. The molecule has 2 aliphatic rings. The molecular weight excluding hydrogens is 260 g/mol. The molecule has 0 aromatic carbocycles. The molecule has 0 spiro atoms. The minimum Gasteiger partial charge on any atom is -0.444 e. The Kier molecular flexibility index (Phi) is 3.77. The van der Waals surface area contributed by atoms with Crippen LogP contribution in [0.15, 0.2) is 12.2 Å². The molecule has 20 heavy (non-hydrogen) atoms. The Bertz CT molecular complexity index is 441. The van der Waals surface area contributed by atoms with Gasteiger partial charge < -0.3 is 10.1 Å². The summed E-state index contributed by atoms with van der Waals surface area (Å²) >= 11 is 0. The largest absolute Gasteiger partial charge is 0.444 e. The molecule has 1 fully saturated rings. The van der Waals surface area contributed by atoms with E-state index < -0.39 is 23.6 Å². The fourth-order valence-corrected chi connectivity index (χ4v) is 2.40. The molecule has 6 nitrogen and oxygen atoms in total. The van der Waals surface area contributed by atoms with Gasteiger partial charge in [0.15, 0.2) is 0 Å². The summed E-state index contributed by atoms with van der Waals surface area (Å²) in [6, 6.07) is -1.10. The molecule has 0 saturated heterocycles. The monoisotopic (exact) mass is 282 g/mol. The summed E-state index contributed by atoms with van der Waals surface area (Å²) < 4.78 is 5.08. The maximum atomic E-state index is 12.1. The van der Waals surface area contributed by atoms with Gasteiger partial charge in [0.1, 0.15) is 11.6 Å². The van der Waals surface area contributed by atoms with Crippen molar-refractivity contribution in [2.24, 2.45) is 11.8 Å². The Balaban J connectivity index is 1.85. The van der Waals surface area contributed by atoms with Gasteiger partial charge in [0.05, 0.1) is 6.04 Å². The van der Waals surface area contributed by atoms with Gasteiger partial charge in [-0.1, -0.05) is 12.2 Å². The minimum atomic E-state index is -0.832. The second-order valence-corrected chi connectivity index (χ2v) is 6.49. The average Bonchev–Trinajstić information content (AvgIpc) is 2.96. The Morgan fingerprint density at radius 2 is 2.05 bits per heavy atom. The normalized spacial score (nSPS) is 28.6. The molecule has 0 radical (unpaired) electrons. The summed E-state index contributed by atoms with van der Waals surface area (Å²) in [6.07, 6.45) is 4.21. The van der Waals surface area contributed by atoms with E-state index in [2.05, 4.69) is 5.32 Å². The SMILES string of the molecule is C[C@@H](NC(=O)OC(C)(C)C)C(=O)N(O)C1C=CC2CC21. The molecule has 0 aliphatic heterocycles. The van der Waals surface area contributed by atoms with Crippen LogP contribution in [0.25, 0.3) is 0 Å². The molecule has 4 atom stereocenters. The fourth-order valence-electron chi connectivity index (χ4n) is 2.40. The van der Waals surface area contributed by atoms with Gasteiger partial charge in [-0.25, -0.2) is 9.86 Å². The van der Waals surface area contributed by atoms with E-state index in [0.717, 1.165) is 11.5 Å². The van der Waals surface area contributed by atoms with Crippen molar-refractivity contribution in [3.63, 3.8) is 0 Å². The Morgan fingerprint density at radius 3 is 2.50 bits per heavy atom. The number of hydrogen-bond donors (Lipinski definition) is 2. The lowest BCUT2D eigenvalue weighted by Crippen LogP contribution is -2.50. The topological polar surface area (TPSA) is 78.9 Å². The maximum Gasteiger partial charge on any atom is 0.408 e. The molecule has 2 N–H and O–H groups in total. The maximum absolute atomic E-state index is 12.1. The number of hydrogen-bond acceptors (Lipinski definition) is 4. The number of amides is 2. The summed E-state index contributed by atoms with van der Waals surface area (Å²) in [4.78, 5) is 23.7. The van der Waals surface area contributed by atoms with Gasteiger partial charge >= 0.3 is 6.09 Å². The molecule has 3 unspecified atom stereocenters. The third-order valence-corrected chi connectivity index (χ3v) is 3.50. The van der Waals surface area contributed by atoms with Gasteiger partial charge in [-0.3, -0.25) is 10.0 Å². The van der Waals surface area contributed by atoms with Gasteiger partial charge in [0.2, 0.25) is 0 Å². The van der Waals surface area contributed by atoms with Crippen LogP contribution in [0.2, 0.25) is 0 Å². The van der Waals surface area contributed by atoms with Gasteiger partial charge in [-0.2, -0.15) is 0 Å². The average molecular weight is 282 g/mol. The highest BCUT2D eigenvalue weighted by molar-refractivity contribution is 5.85. The van der Waals surface area contributed by atoms with Crippen LogP contribution >= 0.6 is 0 Å². The predicted octanol–water partition coefficient (Wildman–Crippen LogP) is 1.69. The lowest BCUT2D eigenvalue weighted by Gasteiger charge is -2.26. The summed E-state index contributed by atoms with van der Waals surface area (Å²) in [7, 11) is 0. The quantitative estimate of drug-likeness (QED) is 0.469. The second kappa shape index (κ2) is 5.09. The highest BCUT2D eigenvalue weighted by Gasteiger charge is 2.48. The first-order chi connectivity index (χ1) is 9.19. The van der Waals surface area contributed by atoms with E-state index in [0.29, 0.717) is 11.8 Å². The molecule has 112 valence electrons. The molecule has 2 rings (SSSR count). The number of ether oxygens (including phenoxy) is 1. The number of rotatable bonds is 3. The number of nitrogens with zero attached hydrogens (tertiary/aromatic N) is 1. The van der Waals surface area contributed by atoms with Crippen LogP contribution < -0.4 is 5.32 Å². The third-order valence-electron chi connectivity index (χ3n) is 3.50. The zero-order valence-electron chi connectivity index (χ0n) is 12.3. The highest BCUT2D eigenvalue weighted by atomic mass is 16.6. The van der Waals surface area contributed by atoms with Crippen LogP contribution in [-0.4, -0.2) is 40.0 Å². The standard InChI is InChI=1S/C14H22N2O4/c1-8(15-13(18)20-14(2,3)4)12(17)16(19)11-6-5-9-7-10(9)11/h5-6,8-11,19H,7H2,1-4H3,(H,15,18)/t8-,9?,10?,11?/m1/s1. The van der Waals surface area contributed by atoms with Gasteiger partial charge in [0.25, 0.3) is 5.91 Å². The van der Waals surface area contributed by atoms with Crippen molar-refractivity contribution in [2.75, 3.05) is 0 Å². The summed E-state index contributed by atoms with van der Waals surface area (Å²) in [5.41, 5.74) is -0.624. The second-order valence-electron chi connectivity index (χ2n) is 6.49. The number of nitrogens with one attached hydrogen (secondary N) is 1. The molecule has 6 heteroatoms. The predicted molar refractivity (Wildman–Crippen MR) is 72.0 cm³/mol. The number of carbonyl (C=O) groups excluding carboxylic acids is 2. The van der Waals surface area contributed by atoms with Crippen LogP contribution in [0.3, 0.4) is 0 Å². The van der Waals surface area contributed by atoms with Crippen molar-refractivity contribution in [1.82, 2.24) is 10.4 Å². The van der Waals surface area contributed by atoms with Crippen molar-refractivity contribution in [2.45, 2.75) is 51.8 Å². The van der Waals surface area contributed by atoms with Crippen molar-refractivity contribution in [1.29, 1.82) is 0 Å². The van der Waals surface area contributed by atoms with Gasteiger partial charge in [-0.05, 0) is 46.0 Å². The van der Waals surface area contributed by atoms with Gasteiger partial charge in [-0.15, -0.1) is 0 Å². The molecule has 0 aromatic rings. The first kappa shape index (κ1) is 14.8. The van der Waals surface area contributed by atoms with Crippen LogP contribution in [0.1, 0.15) is 34.1 Å². The van der Waals surface area contributed by atoms with Crippen LogP contribution in [-0.2, 0) is 9.53 Å². The number of alkyl carbamates (subject to hydrolysis) is 1. The summed E-state index contributed by atoms with van der Waals surface area (Å²) in [5.74, 6) is 0.298.